The minimum absolute atomic E-state index is 0.0264. The Bertz CT molecular complexity index is 1760. The number of H-pyrrole nitrogens is 1. The molecule has 3 aromatic heterocycles. The summed E-state index contributed by atoms with van der Waals surface area (Å²) in [6.45, 7) is 0.508. The maximum Gasteiger partial charge on any atom is 0.229 e. The first-order valence-corrected chi connectivity index (χ1v) is 13.1. The van der Waals surface area contributed by atoms with Crippen molar-refractivity contribution in [1.82, 2.24) is 29.5 Å². The van der Waals surface area contributed by atoms with Crippen LogP contribution in [0, 0.1) is 17.5 Å². The number of aromatic amines is 1. The molecule has 0 unspecified atom stereocenters. The molecular formula is C23H19F3N8O2S. The normalized spacial score (nSPS) is 15.5. The van der Waals surface area contributed by atoms with Crippen LogP contribution in [-0.4, -0.2) is 62.5 Å². The Kier molecular flexibility index (Phi) is 5.47. The van der Waals surface area contributed by atoms with Crippen molar-refractivity contribution in [3.63, 3.8) is 0 Å². The predicted molar refractivity (Wildman–Crippen MR) is 131 cm³/mol. The van der Waals surface area contributed by atoms with Crippen molar-refractivity contribution in [3.8, 4) is 5.69 Å². The van der Waals surface area contributed by atoms with E-state index in [9.17, 15) is 21.6 Å². The highest BCUT2D eigenvalue weighted by atomic mass is 32.2. The second-order valence-corrected chi connectivity index (χ2v) is 10.9. The van der Waals surface area contributed by atoms with Crippen LogP contribution in [0.15, 0.2) is 42.7 Å². The van der Waals surface area contributed by atoms with Gasteiger partial charge in [0, 0.05) is 13.1 Å². The van der Waals surface area contributed by atoms with Crippen molar-refractivity contribution < 1.29 is 21.6 Å². The number of anilines is 2. The summed E-state index contributed by atoms with van der Waals surface area (Å²) in [5.74, 6) is -1.59. The molecule has 190 valence electrons. The van der Waals surface area contributed by atoms with Gasteiger partial charge < -0.3 is 15.2 Å². The number of hydrogen-bond donors (Lipinski definition) is 2. The third-order valence-corrected chi connectivity index (χ3v) is 7.73. The minimum atomic E-state index is -3.13. The number of halogens is 3. The molecule has 1 aliphatic heterocycles. The molecule has 0 radical (unpaired) electrons. The monoisotopic (exact) mass is 528 g/mol. The summed E-state index contributed by atoms with van der Waals surface area (Å²) in [4.78, 5) is 22.5. The number of fused-ring (bicyclic) bond motifs is 2. The van der Waals surface area contributed by atoms with Gasteiger partial charge in [-0.3, -0.25) is 4.57 Å². The van der Waals surface area contributed by atoms with Gasteiger partial charge in [0.15, 0.2) is 38.5 Å². The van der Waals surface area contributed by atoms with Gasteiger partial charge in [-0.15, -0.1) is 0 Å². The lowest BCUT2D eigenvalue weighted by molar-refractivity contribution is 0.515. The minimum Gasteiger partial charge on any atom is -0.361 e. The molecule has 0 bridgehead atoms. The number of benzene rings is 2. The van der Waals surface area contributed by atoms with Gasteiger partial charge in [0.1, 0.15) is 23.5 Å². The van der Waals surface area contributed by atoms with Crippen LogP contribution >= 0.6 is 0 Å². The molecule has 1 saturated heterocycles. The number of hydrogen-bond acceptors (Lipinski definition) is 8. The lowest BCUT2D eigenvalue weighted by Crippen LogP contribution is -2.41. The quantitative estimate of drug-likeness (QED) is 0.357. The number of imidazole rings is 2. The Balaban J connectivity index is 1.40. The number of aromatic nitrogens is 6. The fraction of sp³-hybridized carbons (Fsp3) is 0.217. The van der Waals surface area contributed by atoms with Gasteiger partial charge in [0.25, 0.3) is 0 Å². The van der Waals surface area contributed by atoms with Crippen LogP contribution < -0.4 is 10.2 Å². The van der Waals surface area contributed by atoms with Crippen LogP contribution in [-0.2, 0) is 16.4 Å². The van der Waals surface area contributed by atoms with Gasteiger partial charge >= 0.3 is 0 Å². The van der Waals surface area contributed by atoms with Crippen molar-refractivity contribution in [3.05, 3.63) is 66.0 Å². The van der Waals surface area contributed by atoms with Crippen LogP contribution in [0.1, 0.15) is 5.82 Å². The third kappa shape index (κ3) is 4.33. The summed E-state index contributed by atoms with van der Waals surface area (Å²) in [7, 11) is -3.13. The Morgan fingerprint density at radius 1 is 1.00 bits per heavy atom. The average molecular weight is 529 g/mol. The second-order valence-electron chi connectivity index (χ2n) is 8.57. The van der Waals surface area contributed by atoms with Crippen molar-refractivity contribution in [1.29, 1.82) is 0 Å². The number of nitrogens with zero attached hydrogens (tertiary/aromatic N) is 6. The molecule has 1 aliphatic rings. The maximum atomic E-state index is 14.1. The first kappa shape index (κ1) is 23.2. The lowest BCUT2D eigenvalue weighted by Gasteiger charge is -2.27. The third-order valence-electron chi connectivity index (χ3n) is 6.12. The van der Waals surface area contributed by atoms with E-state index in [4.69, 9.17) is 0 Å². The van der Waals surface area contributed by atoms with Crippen LogP contribution in [0.5, 0.6) is 0 Å². The SMILES string of the molecule is O=S1(=O)CCN(c2nc(NCc3nc4c(F)c(F)ccc4[nH]3)c3ncn(-c4cccc(F)c4)c3n2)CC1. The first-order valence-electron chi connectivity index (χ1n) is 11.3. The van der Waals surface area contributed by atoms with Crippen LogP contribution in [0.25, 0.3) is 27.9 Å². The molecule has 2 aromatic carbocycles. The van der Waals surface area contributed by atoms with E-state index in [1.165, 1.54) is 24.5 Å². The largest absolute Gasteiger partial charge is 0.361 e. The zero-order chi connectivity index (χ0) is 25.7. The van der Waals surface area contributed by atoms with Gasteiger partial charge in [-0.05, 0) is 30.3 Å². The molecule has 5 aromatic rings. The highest BCUT2D eigenvalue weighted by Gasteiger charge is 2.25. The zero-order valence-corrected chi connectivity index (χ0v) is 19.9. The fourth-order valence-corrected chi connectivity index (χ4v) is 5.40. The second kappa shape index (κ2) is 8.73. The van der Waals surface area contributed by atoms with Crippen molar-refractivity contribution in [2.24, 2.45) is 0 Å². The Morgan fingerprint density at radius 2 is 1.81 bits per heavy atom. The maximum absolute atomic E-state index is 14.1. The number of sulfone groups is 1. The van der Waals surface area contributed by atoms with Gasteiger partial charge in [0.2, 0.25) is 5.95 Å². The molecule has 14 heteroatoms. The zero-order valence-electron chi connectivity index (χ0n) is 19.1. The summed E-state index contributed by atoms with van der Waals surface area (Å²) >= 11 is 0. The van der Waals surface area contributed by atoms with Crippen LogP contribution in [0.3, 0.4) is 0 Å². The summed E-state index contributed by atoms with van der Waals surface area (Å²) in [5.41, 5.74) is 1.48. The summed E-state index contributed by atoms with van der Waals surface area (Å²) < 4.78 is 67.1. The highest BCUT2D eigenvalue weighted by Crippen LogP contribution is 2.27. The Labute approximate surface area is 208 Å². The summed E-state index contributed by atoms with van der Waals surface area (Å²) in [6.07, 6.45) is 1.49. The molecular weight excluding hydrogens is 509 g/mol. The first-order chi connectivity index (χ1) is 17.8. The summed E-state index contributed by atoms with van der Waals surface area (Å²) in [5, 5.41) is 3.12. The van der Waals surface area contributed by atoms with Crippen molar-refractivity contribution in [2.45, 2.75) is 6.54 Å². The van der Waals surface area contributed by atoms with E-state index in [2.05, 4.69) is 30.2 Å². The molecule has 0 atom stereocenters. The highest BCUT2D eigenvalue weighted by molar-refractivity contribution is 7.91. The van der Waals surface area contributed by atoms with E-state index in [0.29, 0.717) is 34.0 Å². The molecule has 4 heterocycles. The van der Waals surface area contributed by atoms with E-state index < -0.39 is 27.3 Å². The fourth-order valence-electron chi connectivity index (χ4n) is 4.20. The van der Waals surface area contributed by atoms with Gasteiger partial charge in [-0.1, -0.05) is 6.07 Å². The number of nitrogens with one attached hydrogen (secondary N) is 2. The Morgan fingerprint density at radius 3 is 2.59 bits per heavy atom. The molecule has 37 heavy (non-hydrogen) atoms. The molecule has 6 rings (SSSR count). The molecule has 0 amide bonds. The van der Waals surface area contributed by atoms with E-state index in [1.54, 1.807) is 21.6 Å². The predicted octanol–water partition coefficient (Wildman–Crippen LogP) is 2.96. The molecule has 2 N–H and O–H groups in total. The van der Waals surface area contributed by atoms with E-state index in [-0.39, 0.29) is 42.6 Å². The molecule has 0 spiro atoms. The standard InChI is InChI=1S/C23H19F3N8O2S/c24-13-2-1-3-14(10-13)34-12-28-20-21(27-11-17-29-16-5-4-15(25)18(26)19(16)30-17)31-23(32-22(20)34)33-6-8-37(35,36)9-7-33/h1-5,10,12H,6-9,11H2,(H,29,30)(H,27,31,32). The number of rotatable bonds is 5. The lowest BCUT2D eigenvalue weighted by atomic mass is 10.3. The van der Waals surface area contributed by atoms with Crippen molar-refractivity contribution >= 4 is 43.8 Å². The Hall–Kier alpha value is -4.20. The molecule has 0 aliphatic carbocycles. The van der Waals surface area contributed by atoms with Gasteiger partial charge in [-0.2, -0.15) is 9.97 Å². The van der Waals surface area contributed by atoms with Crippen molar-refractivity contribution in [2.75, 3.05) is 34.8 Å². The van der Waals surface area contributed by atoms with E-state index >= 15 is 0 Å². The summed E-state index contributed by atoms with van der Waals surface area (Å²) in [6, 6.07) is 8.35. The average Bonchev–Trinajstić information content (AvgIpc) is 3.49. The van der Waals surface area contributed by atoms with Gasteiger partial charge in [0.05, 0.1) is 29.3 Å². The molecule has 10 nitrogen and oxygen atoms in total. The van der Waals surface area contributed by atoms with Gasteiger partial charge in [-0.25, -0.2) is 31.6 Å². The topological polar surface area (TPSA) is 122 Å². The van der Waals surface area contributed by atoms with Crippen LogP contribution in [0.2, 0.25) is 0 Å². The molecule has 0 saturated carbocycles. The smallest absolute Gasteiger partial charge is 0.229 e. The van der Waals surface area contributed by atoms with E-state index in [1.807, 2.05) is 0 Å². The van der Waals surface area contributed by atoms with Crippen LogP contribution in [0.4, 0.5) is 24.9 Å². The van der Waals surface area contributed by atoms with E-state index in [0.717, 1.165) is 6.07 Å². The molecule has 1 fully saturated rings.